The number of nitrogens with zero attached hydrogens (tertiary/aromatic N) is 3. The first-order valence-corrected chi connectivity index (χ1v) is 10.7. The summed E-state index contributed by atoms with van der Waals surface area (Å²) in [5.41, 5.74) is 2.19. The minimum atomic E-state index is -1.05. The standard InChI is InChI=1S/C20H13Cl2N3O3S/c21-9-5-6-11(13(22)7-9)16-15-17(28-24-16)19(27)25(18(15)26)20-12(8-23)10-3-1-2-4-14(10)29-20/h5-7,15,17H,1-4H2/t15-,17+/m0/s1. The van der Waals surface area contributed by atoms with E-state index in [9.17, 15) is 14.9 Å². The minimum absolute atomic E-state index is 0.303. The summed E-state index contributed by atoms with van der Waals surface area (Å²) >= 11 is 13.6. The molecule has 2 amide bonds. The lowest BCUT2D eigenvalue weighted by molar-refractivity contribution is -0.126. The van der Waals surface area contributed by atoms with Crippen LogP contribution in [0.3, 0.4) is 0 Å². The van der Waals surface area contributed by atoms with E-state index in [1.54, 1.807) is 18.2 Å². The third-order valence-electron chi connectivity index (χ3n) is 5.49. The molecule has 1 aliphatic carbocycles. The Hall–Kier alpha value is -2.40. The number of carbonyl (C=O) groups excluding carboxylic acids is 2. The molecule has 0 unspecified atom stereocenters. The normalized spacial score (nSPS) is 22.8. The molecule has 1 saturated heterocycles. The number of carbonyl (C=O) groups is 2. The summed E-state index contributed by atoms with van der Waals surface area (Å²) < 4.78 is 0. The molecule has 146 valence electrons. The van der Waals surface area contributed by atoms with Crippen molar-refractivity contribution in [1.29, 1.82) is 5.26 Å². The lowest BCUT2D eigenvalue weighted by Crippen LogP contribution is -2.33. The van der Waals surface area contributed by atoms with Gasteiger partial charge in [0.25, 0.3) is 5.91 Å². The second-order valence-corrected chi connectivity index (χ2v) is 9.05. The van der Waals surface area contributed by atoms with Crippen molar-refractivity contribution in [1.82, 2.24) is 0 Å². The lowest BCUT2D eigenvalue weighted by Gasteiger charge is -2.14. The van der Waals surface area contributed by atoms with Gasteiger partial charge in [-0.25, -0.2) is 4.90 Å². The number of oxime groups is 1. The largest absolute Gasteiger partial charge is 0.381 e. The summed E-state index contributed by atoms with van der Waals surface area (Å²) in [6.07, 6.45) is 2.65. The molecule has 0 saturated carbocycles. The molecule has 2 atom stereocenters. The quantitative estimate of drug-likeness (QED) is 0.651. The van der Waals surface area contributed by atoms with Gasteiger partial charge in [0.2, 0.25) is 12.0 Å². The molecule has 2 aliphatic heterocycles. The Kier molecular flexibility index (Phi) is 4.39. The maximum Gasteiger partial charge on any atom is 0.279 e. The van der Waals surface area contributed by atoms with Crippen molar-refractivity contribution in [3.05, 3.63) is 49.8 Å². The van der Waals surface area contributed by atoms with Gasteiger partial charge in [-0.1, -0.05) is 34.4 Å². The Labute approximate surface area is 180 Å². The molecule has 9 heteroatoms. The molecule has 3 aliphatic rings. The molecular weight excluding hydrogens is 433 g/mol. The third kappa shape index (κ3) is 2.71. The number of hydrogen-bond acceptors (Lipinski definition) is 6. The van der Waals surface area contributed by atoms with Crippen molar-refractivity contribution in [2.75, 3.05) is 4.90 Å². The van der Waals surface area contributed by atoms with Crippen LogP contribution in [0.2, 0.25) is 10.0 Å². The zero-order valence-electron chi connectivity index (χ0n) is 14.9. The van der Waals surface area contributed by atoms with Gasteiger partial charge in [0.1, 0.15) is 22.7 Å². The first-order valence-electron chi connectivity index (χ1n) is 9.13. The van der Waals surface area contributed by atoms with Gasteiger partial charge in [0, 0.05) is 15.5 Å². The fraction of sp³-hybridized carbons (Fsp3) is 0.300. The maximum absolute atomic E-state index is 13.3. The summed E-state index contributed by atoms with van der Waals surface area (Å²) in [7, 11) is 0. The van der Waals surface area contributed by atoms with Gasteiger partial charge in [0.05, 0.1) is 10.6 Å². The van der Waals surface area contributed by atoms with Crippen molar-refractivity contribution in [2.24, 2.45) is 11.1 Å². The van der Waals surface area contributed by atoms with Crippen LogP contribution in [0.25, 0.3) is 0 Å². The predicted molar refractivity (Wildman–Crippen MR) is 110 cm³/mol. The molecule has 1 aromatic heterocycles. The van der Waals surface area contributed by atoms with E-state index in [4.69, 9.17) is 28.0 Å². The Morgan fingerprint density at radius 3 is 2.76 bits per heavy atom. The summed E-state index contributed by atoms with van der Waals surface area (Å²) in [5, 5.41) is 14.9. The number of nitriles is 1. The predicted octanol–water partition coefficient (Wildman–Crippen LogP) is 4.10. The van der Waals surface area contributed by atoms with Crippen LogP contribution in [0.1, 0.15) is 34.4 Å². The molecule has 5 rings (SSSR count). The number of aryl methyl sites for hydroxylation is 1. The highest BCUT2D eigenvalue weighted by Crippen LogP contribution is 2.44. The Morgan fingerprint density at radius 2 is 2.00 bits per heavy atom. The van der Waals surface area contributed by atoms with Gasteiger partial charge in [-0.05, 0) is 43.4 Å². The highest BCUT2D eigenvalue weighted by Gasteiger charge is 2.57. The van der Waals surface area contributed by atoms with E-state index in [1.165, 1.54) is 11.3 Å². The van der Waals surface area contributed by atoms with Crippen LogP contribution >= 0.6 is 34.5 Å². The number of amides is 2. The number of fused-ring (bicyclic) bond motifs is 2. The van der Waals surface area contributed by atoms with Crippen molar-refractivity contribution >= 4 is 57.1 Å². The monoisotopic (exact) mass is 445 g/mol. The summed E-state index contributed by atoms with van der Waals surface area (Å²) in [4.78, 5) is 33.9. The summed E-state index contributed by atoms with van der Waals surface area (Å²) in [6.45, 7) is 0. The minimum Gasteiger partial charge on any atom is -0.381 e. The molecular formula is C20H13Cl2N3O3S. The average molecular weight is 446 g/mol. The van der Waals surface area contributed by atoms with Gasteiger partial charge < -0.3 is 4.84 Å². The van der Waals surface area contributed by atoms with Crippen LogP contribution in [-0.2, 0) is 27.3 Å². The highest BCUT2D eigenvalue weighted by molar-refractivity contribution is 7.17. The van der Waals surface area contributed by atoms with Crippen molar-refractivity contribution in [3.63, 3.8) is 0 Å². The lowest BCUT2D eigenvalue weighted by atomic mass is 9.94. The van der Waals surface area contributed by atoms with Crippen LogP contribution in [0.4, 0.5) is 5.00 Å². The van der Waals surface area contributed by atoms with Crippen molar-refractivity contribution in [2.45, 2.75) is 31.8 Å². The molecule has 29 heavy (non-hydrogen) atoms. The maximum atomic E-state index is 13.3. The fourth-order valence-corrected chi connectivity index (χ4v) is 5.98. The van der Waals surface area contributed by atoms with E-state index in [2.05, 4.69) is 11.2 Å². The number of rotatable bonds is 2. The second kappa shape index (κ2) is 6.84. The summed E-state index contributed by atoms with van der Waals surface area (Å²) in [6, 6.07) is 7.04. The third-order valence-corrected chi connectivity index (χ3v) is 7.31. The van der Waals surface area contributed by atoms with E-state index >= 15 is 0 Å². The van der Waals surface area contributed by atoms with Gasteiger partial charge in [-0.15, -0.1) is 11.3 Å². The number of hydrogen-bond donors (Lipinski definition) is 0. The Bertz CT molecular complexity index is 1150. The van der Waals surface area contributed by atoms with E-state index in [-0.39, 0.29) is 0 Å². The number of imide groups is 1. The zero-order valence-corrected chi connectivity index (χ0v) is 17.3. The van der Waals surface area contributed by atoms with E-state index in [0.717, 1.165) is 41.0 Å². The first-order chi connectivity index (χ1) is 14.0. The topological polar surface area (TPSA) is 82.8 Å². The van der Waals surface area contributed by atoms with Gasteiger partial charge in [0.15, 0.2) is 0 Å². The molecule has 3 heterocycles. The van der Waals surface area contributed by atoms with Gasteiger partial charge in [-0.2, -0.15) is 5.26 Å². The number of halogens is 2. The smallest absolute Gasteiger partial charge is 0.279 e. The molecule has 0 N–H and O–H groups in total. The average Bonchev–Trinajstić information content (AvgIpc) is 3.35. The van der Waals surface area contributed by atoms with Crippen LogP contribution in [0.15, 0.2) is 23.4 Å². The Balaban J connectivity index is 1.56. The van der Waals surface area contributed by atoms with Crippen LogP contribution in [-0.4, -0.2) is 23.6 Å². The Morgan fingerprint density at radius 1 is 1.21 bits per heavy atom. The first kappa shape index (κ1) is 18.6. The number of thiophene rings is 1. The molecule has 1 fully saturated rings. The van der Waals surface area contributed by atoms with Gasteiger partial charge in [-0.3, -0.25) is 9.59 Å². The summed E-state index contributed by atoms with van der Waals surface area (Å²) in [5.74, 6) is -1.84. The molecule has 2 aromatic rings. The van der Waals surface area contributed by atoms with Crippen LogP contribution in [0, 0.1) is 17.2 Å². The zero-order chi connectivity index (χ0) is 20.3. The van der Waals surface area contributed by atoms with Gasteiger partial charge >= 0.3 is 0 Å². The number of anilines is 1. The number of benzene rings is 1. The van der Waals surface area contributed by atoms with Crippen LogP contribution < -0.4 is 4.90 Å². The molecule has 1 aromatic carbocycles. The van der Waals surface area contributed by atoms with Crippen molar-refractivity contribution in [3.8, 4) is 6.07 Å². The SMILES string of the molecule is N#Cc1c(N2C(=O)[C@H]3C(c4ccc(Cl)cc4Cl)=NO[C@H]3C2=O)sc2c1CCCC2. The van der Waals surface area contributed by atoms with E-state index in [1.807, 2.05) is 0 Å². The van der Waals surface area contributed by atoms with E-state index < -0.39 is 23.8 Å². The molecule has 0 bridgehead atoms. The molecule has 0 spiro atoms. The molecule has 6 nitrogen and oxygen atoms in total. The fourth-order valence-electron chi connectivity index (χ4n) is 4.12. The molecule has 0 radical (unpaired) electrons. The van der Waals surface area contributed by atoms with E-state index in [0.29, 0.717) is 31.9 Å². The highest BCUT2D eigenvalue weighted by atomic mass is 35.5. The van der Waals surface area contributed by atoms with Crippen LogP contribution in [0.5, 0.6) is 0 Å². The second-order valence-electron chi connectivity index (χ2n) is 7.12. The van der Waals surface area contributed by atoms with Crippen molar-refractivity contribution < 1.29 is 14.4 Å².